The molecule has 2 amide bonds. The van der Waals surface area contributed by atoms with E-state index in [0.717, 1.165) is 32.1 Å². The summed E-state index contributed by atoms with van der Waals surface area (Å²) in [5.41, 5.74) is 0.715. The van der Waals surface area contributed by atoms with Crippen LogP contribution in [0.2, 0.25) is 0 Å². The quantitative estimate of drug-likeness (QED) is 0.748. The first kappa shape index (κ1) is 20.1. The Labute approximate surface area is 166 Å². The predicted molar refractivity (Wildman–Crippen MR) is 106 cm³/mol. The van der Waals surface area contributed by atoms with Gasteiger partial charge >= 0.3 is 0 Å². The summed E-state index contributed by atoms with van der Waals surface area (Å²) >= 11 is 0. The van der Waals surface area contributed by atoms with Crippen LogP contribution >= 0.6 is 0 Å². The van der Waals surface area contributed by atoms with Crippen LogP contribution in [0.3, 0.4) is 0 Å². The van der Waals surface area contributed by atoms with E-state index in [0.29, 0.717) is 17.7 Å². The molecule has 1 atom stereocenters. The third kappa shape index (κ3) is 5.21. The smallest absolute Gasteiger partial charge is 0.247 e. The first-order valence-corrected chi connectivity index (χ1v) is 10.2. The minimum absolute atomic E-state index is 0.0634. The van der Waals surface area contributed by atoms with Gasteiger partial charge in [0.25, 0.3) is 0 Å². The van der Waals surface area contributed by atoms with E-state index in [1.807, 2.05) is 19.1 Å². The van der Waals surface area contributed by atoms with E-state index in [-0.39, 0.29) is 24.4 Å². The molecule has 0 spiro atoms. The lowest BCUT2D eigenvalue weighted by Crippen LogP contribution is -2.46. The molecule has 1 unspecified atom stereocenters. The zero-order valence-electron chi connectivity index (χ0n) is 16.5. The van der Waals surface area contributed by atoms with Crippen LogP contribution in [-0.2, 0) is 16.1 Å². The first-order chi connectivity index (χ1) is 13.7. The number of hydrogen-bond acceptors (Lipinski definition) is 4. The summed E-state index contributed by atoms with van der Waals surface area (Å²) in [6, 6.07) is 6.72. The van der Waals surface area contributed by atoms with Gasteiger partial charge in [0, 0.05) is 30.4 Å². The van der Waals surface area contributed by atoms with Crippen molar-refractivity contribution in [2.75, 3.05) is 0 Å². The van der Waals surface area contributed by atoms with Gasteiger partial charge in [-0.25, -0.2) is 0 Å². The normalized spacial score (nSPS) is 15.8. The van der Waals surface area contributed by atoms with E-state index in [1.54, 1.807) is 35.7 Å². The van der Waals surface area contributed by atoms with Crippen molar-refractivity contribution in [3.63, 3.8) is 0 Å². The Morgan fingerprint density at radius 2 is 2.07 bits per heavy atom. The Morgan fingerprint density at radius 3 is 2.71 bits per heavy atom. The number of amides is 2. The zero-order chi connectivity index (χ0) is 19.8. The number of pyridine rings is 1. The summed E-state index contributed by atoms with van der Waals surface area (Å²) in [7, 11) is 0. The maximum atomic E-state index is 13.3. The van der Waals surface area contributed by atoms with E-state index in [4.69, 9.17) is 4.42 Å². The van der Waals surface area contributed by atoms with Crippen LogP contribution in [0, 0.1) is 0 Å². The van der Waals surface area contributed by atoms with Crippen molar-refractivity contribution in [2.45, 2.75) is 70.5 Å². The fourth-order valence-electron chi connectivity index (χ4n) is 3.79. The van der Waals surface area contributed by atoms with Crippen molar-refractivity contribution in [1.82, 2.24) is 15.2 Å². The summed E-state index contributed by atoms with van der Waals surface area (Å²) in [6.45, 7) is 2.22. The maximum absolute atomic E-state index is 13.3. The number of aromatic nitrogens is 1. The maximum Gasteiger partial charge on any atom is 0.247 e. The SMILES string of the molecule is CCCC(=O)N(Cc1ccco1)C(C(=O)NC1CCCCC1)c1cccnc1. The zero-order valence-corrected chi connectivity index (χ0v) is 16.5. The number of carbonyl (C=O) groups excluding carboxylic acids is 2. The molecule has 150 valence electrons. The second-order valence-electron chi connectivity index (χ2n) is 7.38. The van der Waals surface area contributed by atoms with Crippen molar-refractivity contribution in [3.8, 4) is 0 Å². The molecule has 0 saturated heterocycles. The summed E-state index contributed by atoms with van der Waals surface area (Å²) in [5.74, 6) is 0.450. The Kier molecular flexibility index (Phi) is 7.23. The second-order valence-corrected chi connectivity index (χ2v) is 7.38. The number of nitrogens with one attached hydrogen (secondary N) is 1. The average Bonchev–Trinajstić information content (AvgIpc) is 3.22. The van der Waals surface area contributed by atoms with Crippen molar-refractivity contribution >= 4 is 11.8 Å². The van der Waals surface area contributed by atoms with E-state index in [9.17, 15) is 9.59 Å². The van der Waals surface area contributed by atoms with E-state index < -0.39 is 6.04 Å². The molecular weight excluding hydrogens is 354 g/mol. The van der Waals surface area contributed by atoms with Gasteiger partial charge < -0.3 is 14.6 Å². The predicted octanol–water partition coefficient (Wildman–Crippen LogP) is 3.99. The standard InChI is InChI=1S/C22H29N3O3/c1-2-8-20(26)25(16-19-12-7-14-28-19)21(17-9-6-13-23-15-17)22(27)24-18-10-4-3-5-11-18/h6-7,9,12-15,18,21H,2-5,8,10-11,16H2,1H3,(H,24,27). The Bertz CT molecular complexity index is 740. The van der Waals surface area contributed by atoms with Crippen molar-refractivity contribution < 1.29 is 14.0 Å². The highest BCUT2D eigenvalue weighted by molar-refractivity contribution is 5.88. The van der Waals surface area contributed by atoms with E-state index in [2.05, 4.69) is 10.3 Å². The lowest BCUT2D eigenvalue weighted by atomic mass is 9.94. The molecule has 28 heavy (non-hydrogen) atoms. The Hall–Kier alpha value is -2.63. The third-order valence-corrected chi connectivity index (χ3v) is 5.20. The summed E-state index contributed by atoms with van der Waals surface area (Å²) in [6.07, 6.45) is 11.5. The van der Waals surface area contributed by atoms with Crippen LogP contribution in [0.4, 0.5) is 0 Å². The number of hydrogen-bond donors (Lipinski definition) is 1. The van der Waals surface area contributed by atoms with Gasteiger partial charge in [0.2, 0.25) is 11.8 Å². The number of carbonyl (C=O) groups is 2. The molecule has 2 aromatic heterocycles. The molecule has 1 saturated carbocycles. The molecule has 0 aliphatic heterocycles. The van der Waals surface area contributed by atoms with Crippen molar-refractivity contribution in [2.24, 2.45) is 0 Å². The number of furan rings is 1. The van der Waals surface area contributed by atoms with Crippen LogP contribution in [-0.4, -0.2) is 27.7 Å². The molecule has 1 aliphatic carbocycles. The van der Waals surface area contributed by atoms with Gasteiger partial charge in [0.05, 0.1) is 12.8 Å². The summed E-state index contributed by atoms with van der Waals surface area (Å²) < 4.78 is 5.47. The van der Waals surface area contributed by atoms with E-state index >= 15 is 0 Å². The molecule has 0 bridgehead atoms. The molecule has 2 heterocycles. The molecule has 1 fully saturated rings. The van der Waals surface area contributed by atoms with Gasteiger partial charge in [-0.1, -0.05) is 32.3 Å². The monoisotopic (exact) mass is 383 g/mol. The molecule has 2 aromatic rings. The second kappa shape index (κ2) is 10.1. The van der Waals surface area contributed by atoms with Gasteiger partial charge in [-0.2, -0.15) is 0 Å². The molecule has 3 rings (SSSR count). The first-order valence-electron chi connectivity index (χ1n) is 10.2. The lowest BCUT2D eigenvalue weighted by molar-refractivity contribution is -0.142. The lowest BCUT2D eigenvalue weighted by Gasteiger charge is -2.32. The largest absolute Gasteiger partial charge is 0.467 e. The minimum Gasteiger partial charge on any atom is -0.467 e. The third-order valence-electron chi connectivity index (χ3n) is 5.20. The van der Waals surface area contributed by atoms with Crippen LogP contribution in [0.15, 0.2) is 47.3 Å². The molecule has 6 nitrogen and oxygen atoms in total. The van der Waals surface area contributed by atoms with Crippen LogP contribution in [0.1, 0.15) is 69.2 Å². The summed E-state index contributed by atoms with van der Waals surface area (Å²) in [4.78, 5) is 32.1. The van der Waals surface area contributed by atoms with Crippen LogP contribution < -0.4 is 5.32 Å². The van der Waals surface area contributed by atoms with Gasteiger partial charge in [0.15, 0.2) is 0 Å². The van der Waals surface area contributed by atoms with Gasteiger partial charge in [-0.15, -0.1) is 0 Å². The van der Waals surface area contributed by atoms with Crippen molar-refractivity contribution in [3.05, 3.63) is 54.2 Å². The number of rotatable bonds is 8. The van der Waals surface area contributed by atoms with Gasteiger partial charge in [0.1, 0.15) is 11.8 Å². The highest BCUT2D eigenvalue weighted by Gasteiger charge is 2.33. The topological polar surface area (TPSA) is 75.4 Å². The van der Waals surface area contributed by atoms with E-state index in [1.165, 1.54) is 6.42 Å². The molecule has 1 aliphatic rings. The van der Waals surface area contributed by atoms with Crippen LogP contribution in [0.25, 0.3) is 0 Å². The Morgan fingerprint density at radius 1 is 1.25 bits per heavy atom. The molecular formula is C22H29N3O3. The fourth-order valence-corrected chi connectivity index (χ4v) is 3.79. The highest BCUT2D eigenvalue weighted by Crippen LogP contribution is 2.26. The molecule has 1 N–H and O–H groups in total. The van der Waals surface area contributed by atoms with Crippen LogP contribution in [0.5, 0.6) is 0 Å². The highest BCUT2D eigenvalue weighted by atomic mass is 16.3. The molecule has 0 aromatic carbocycles. The molecule has 0 radical (unpaired) electrons. The minimum atomic E-state index is -0.722. The molecule has 6 heteroatoms. The van der Waals surface area contributed by atoms with Gasteiger partial charge in [-0.3, -0.25) is 14.6 Å². The summed E-state index contributed by atoms with van der Waals surface area (Å²) in [5, 5.41) is 3.18. The fraction of sp³-hybridized carbons (Fsp3) is 0.500. The van der Waals surface area contributed by atoms with Crippen molar-refractivity contribution in [1.29, 1.82) is 0 Å². The van der Waals surface area contributed by atoms with Gasteiger partial charge in [-0.05, 0) is 37.5 Å². The number of nitrogens with zero attached hydrogens (tertiary/aromatic N) is 2. The Balaban J connectivity index is 1.89. The average molecular weight is 383 g/mol.